The van der Waals surface area contributed by atoms with Crippen LogP contribution in [0.2, 0.25) is 0 Å². The minimum Gasteiger partial charge on any atom is -0.329 e. The fourth-order valence-corrected chi connectivity index (χ4v) is 3.86. The summed E-state index contributed by atoms with van der Waals surface area (Å²) in [6, 6.07) is 15.7. The van der Waals surface area contributed by atoms with E-state index in [1.165, 1.54) is 5.56 Å². The number of amides is 1. The first-order valence-electron chi connectivity index (χ1n) is 9.90. The summed E-state index contributed by atoms with van der Waals surface area (Å²) in [6.45, 7) is 5.39. The van der Waals surface area contributed by atoms with Crippen LogP contribution >= 0.6 is 0 Å². The lowest BCUT2D eigenvalue weighted by molar-refractivity contribution is 0.102. The van der Waals surface area contributed by atoms with Crippen molar-refractivity contribution in [2.45, 2.75) is 12.3 Å². The van der Waals surface area contributed by atoms with Crippen molar-refractivity contribution >= 4 is 11.6 Å². The smallest absolute Gasteiger partial charge is 0.255 e. The molecule has 2 aliphatic rings. The highest BCUT2D eigenvalue weighted by atomic mass is 16.1. The van der Waals surface area contributed by atoms with E-state index in [1.807, 2.05) is 48.5 Å². The molecule has 0 aliphatic carbocycles. The molecule has 2 aromatic carbocycles. The van der Waals surface area contributed by atoms with Crippen LogP contribution in [0.3, 0.4) is 0 Å². The van der Waals surface area contributed by atoms with Gasteiger partial charge < -0.3 is 11.1 Å². The Morgan fingerprint density at radius 3 is 2.32 bits per heavy atom. The number of anilines is 1. The minimum atomic E-state index is -0.102. The number of hydrogen-bond acceptors (Lipinski definition) is 6. The van der Waals surface area contributed by atoms with Crippen molar-refractivity contribution in [2.75, 3.05) is 44.6 Å². The Bertz CT molecular complexity index is 786. The molecule has 7 heteroatoms. The number of hydrogen-bond donors (Lipinski definition) is 5. The van der Waals surface area contributed by atoms with E-state index in [0.29, 0.717) is 12.1 Å². The second kappa shape index (κ2) is 8.81. The summed E-state index contributed by atoms with van der Waals surface area (Å²) in [5, 5.41) is 13.2. The van der Waals surface area contributed by atoms with E-state index in [-0.39, 0.29) is 18.2 Å². The van der Waals surface area contributed by atoms with E-state index in [2.05, 4.69) is 26.2 Å². The van der Waals surface area contributed by atoms with Gasteiger partial charge in [-0.05, 0) is 35.4 Å². The Hall–Kier alpha value is -2.29. The van der Waals surface area contributed by atoms with Gasteiger partial charge >= 0.3 is 0 Å². The molecule has 1 amide bonds. The predicted octanol–water partition coefficient (Wildman–Crippen LogP) is 0.993. The van der Waals surface area contributed by atoms with Crippen LogP contribution in [-0.4, -0.2) is 50.1 Å². The molecule has 0 aromatic heterocycles. The molecular formula is C21H28N6O. The SMILES string of the molecule is NCCN1CCN[C@H]1c1ccc(C(=O)Nc2ccc(C3NCCN3)cc2)cc1. The average Bonchev–Trinajstić information content (AvgIpc) is 3.41. The summed E-state index contributed by atoms with van der Waals surface area (Å²) >= 11 is 0. The van der Waals surface area contributed by atoms with E-state index < -0.39 is 0 Å². The van der Waals surface area contributed by atoms with Gasteiger partial charge in [0.1, 0.15) is 0 Å². The first-order chi connectivity index (χ1) is 13.7. The van der Waals surface area contributed by atoms with Crippen molar-refractivity contribution in [3.63, 3.8) is 0 Å². The topological polar surface area (TPSA) is 94.5 Å². The highest BCUT2D eigenvalue weighted by Gasteiger charge is 2.24. The zero-order chi connectivity index (χ0) is 19.3. The normalized spacial score (nSPS) is 20.5. The van der Waals surface area contributed by atoms with Crippen LogP contribution in [-0.2, 0) is 0 Å². The quantitative estimate of drug-likeness (QED) is 0.513. The molecule has 7 nitrogen and oxygen atoms in total. The van der Waals surface area contributed by atoms with Gasteiger partial charge in [0.05, 0.1) is 12.3 Å². The molecule has 2 saturated heterocycles. The van der Waals surface area contributed by atoms with Crippen LogP contribution in [0, 0.1) is 0 Å². The zero-order valence-corrected chi connectivity index (χ0v) is 15.9. The molecule has 2 aromatic rings. The minimum absolute atomic E-state index is 0.102. The number of nitrogens with zero attached hydrogens (tertiary/aromatic N) is 1. The molecule has 0 bridgehead atoms. The van der Waals surface area contributed by atoms with Gasteiger partial charge in [0, 0.05) is 50.5 Å². The van der Waals surface area contributed by atoms with Gasteiger partial charge in [-0.25, -0.2) is 0 Å². The fraction of sp³-hybridized carbons (Fsp3) is 0.381. The van der Waals surface area contributed by atoms with Gasteiger partial charge in [-0.15, -0.1) is 0 Å². The largest absolute Gasteiger partial charge is 0.329 e. The number of nitrogens with two attached hydrogens (primary N) is 1. The van der Waals surface area contributed by atoms with Crippen LogP contribution in [0.4, 0.5) is 5.69 Å². The molecule has 2 aliphatic heterocycles. The van der Waals surface area contributed by atoms with Crippen molar-refractivity contribution < 1.29 is 4.79 Å². The van der Waals surface area contributed by atoms with Crippen molar-refractivity contribution in [2.24, 2.45) is 5.73 Å². The molecule has 28 heavy (non-hydrogen) atoms. The Kier molecular flexibility index (Phi) is 5.99. The molecule has 2 heterocycles. The summed E-state index contributed by atoms with van der Waals surface area (Å²) < 4.78 is 0. The van der Waals surface area contributed by atoms with Crippen LogP contribution < -0.4 is 27.0 Å². The molecule has 1 atom stereocenters. The molecule has 0 saturated carbocycles. The summed E-state index contributed by atoms with van der Waals surface area (Å²) in [6.07, 6.45) is 0.367. The van der Waals surface area contributed by atoms with Gasteiger partial charge in [-0.1, -0.05) is 24.3 Å². The Balaban J connectivity index is 1.38. The lowest BCUT2D eigenvalue weighted by atomic mass is 10.1. The molecule has 148 valence electrons. The van der Waals surface area contributed by atoms with Gasteiger partial charge in [-0.2, -0.15) is 0 Å². The molecule has 6 N–H and O–H groups in total. The molecular weight excluding hydrogens is 352 g/mol. The van der Waals surface area contributed by atoms with Crippen LogP contribution in [0.5, 0.6) is 0 Å². The highest BCUT2D eigenvalue weighted by molar-refractivity contribution is 6.04. The van der Waals surface area contributed by atoms with Crippen LogP contribution in [0.25, 0.3) is 0 Å². The Morgan fingerprint density at radius 1 is 0.964 bits per heavy atom. The molecule has 0 spiro atoms. The van der Waals surface area contributed by atoms with Gasteiger partial charge in [-0.3, -0.25) is 25.6 Å². The third kappa shape index (κ3) is 4.24. The number of carbonyl (C=O) groups is 1. The zero-order valence-electron chi connectivity index (χ0n) is 15.9. The maximum absolute atomic E-state index is 12.6. The molecule has 4 rings (SSSR count). The Labute approximate surface area is 165 Å². The summed E-state index contributed by atoms with van der Waals surface area (Å²) in [5.41, 5.74) is 9.47. The van der Waals surface area contributed by atoms with Gasteiger partial charge in [0.25, 0.3) is 5.91 Å². The van der Waals surface area contributed by atoms with Crippen LogP contribution in [0.1, 0.15) is 33.8 Å². The summed E-state index contributed by atoms with van der Waals surface area (Å²) in [4.78, 5) is 14.9. The van der Waals surface area contributed by atoms with E-state index in [1.54, 1.807) is 0 Å². The Morgan fingerprint density at radius 2 is 1.64 bits per heavy atom. The fourth-order valence-electron chi connectivity index (χ4n) is 3.86. The maximum atomic E-state index is 12.6. The van der Waals surface area contributed by atoms with E-state index in [0.717, 1.165) is 44.0 Å². The van der Waals surface area contributed by atoms with E-state index in [4.69, 9.17) is 5.73 Å². The first-order valence-corrected chi connectivity index (χ1v) is 9.90. The summed E-state index contributed by atoms with van der Waals surface area (Å²) in [7, 11) is 0. The highest BCUT2D eigenvalue weighted by Crippen LogP contribution is 2.22. The lowest BCUT2D eigenvalue weighted by Gasteiger charge is -2.23. The monoisotopic (exact) mass is 380 g/mol. The third-order valence-electron chi connectivity index (χ3n) is 5.33. The van der Waals surface area contributed by atoms with Gasteiger partial charge in [0.2, 0.25) is 0 Å². The van der Waals surface area contributed by atoms with Gasteiger partial charge in [0.15, 0.2) is 0 Å². The van der Waals surface area contributed by atoms with Crippen molar-refractivity contribution in [1.29, 1.82) is 0 Å². The molecule has 2 fully saturated rings. The predicted molar refractivity (Wildman–Crippen MR) is 111 cm³/mol. The maximum Gasteiger partial charge on any atom is 0.255 e. The van der Waals surface area contributed by atoms with Crippen molar-refractivity contribution in [3.05, 3.63) is 65.2 Å². The van der Waals surface area contributed by atoms with Crippen molar-refractivity contribution in [3.8, 4) is 0 Å². The average molecular weight is 380 g/mol. The second-order valence-corrected chi connectivity index (χ2v) is 7.22. The number of rotatable bonds is 6. The number of nitrogens with one attached hydrogen (secondary N) is 4. The molecule has 0 unspecified atom stereocenters. The number of carbonyl (C=O) groups excluding carboxylic acids is 1. The molecule has 0 radical (unpaired) electrons. The van der Waals surface area contributed by atoms with Crippen molar-refractivity contribution in [1.82, 2.24) is 20.9 Å². The standard InChI is InChI=1S/C21H28N6O/c22-9-13-27-14-12-25-20(27)16-1-3-17(4-2-16)21(28)26-18-7-5-15(6-8-18)19-23-10-11-24-19/h1-8,19-20,23-25H,9-14,22H2,(H,26,28)/t20-/m1/s1. The van der Waals surface area contributed by atoms with Crippen LogP contribution in [0.15, 0.2) is 48.5 Å². The summed E-state index contributed by atoms with van der Waals surface area (Å²) in [5.74, 6) is -0.102. The van der Waals surface area contributed by atoms with E-state index >= 15 is 0 Å². The number of benzene rings is 2. The third-order valence-corrected chi connectivity index (χ3v) is 5.33. The van der Waals surface area contributed by atoms with E-state index in [9.17, 15) is 4.79 Å². The lowest BCUT2D eigenvalue weighted by Crippen LogP contribution is -2.32. The second-order valence-electron chi connectivity index (χ2n) is 7.22. The first kappa shape index (κ1) is 19.0.